The molecule has 0 amide bonds. The lowest BCUT2D eigenvalue weighted by molar-refractivity contribution is -0.155. The van der Waals surface area contributed by atoms with E-state index in [0.29, 0.717) is 19.1 Å². The Bertz CT molecular complexity index is 248. The maximum Gasteiger partial charge on any atom is 0.309 e. The van der Waals surface area contributed by atoms with Crippen LogP contribution in [0.15, 0.2) is 0 Å². The first-order chi connectivity index (χ1) is 8.47. The van der Waals surface area contributed by atoms with Crippen molar-refractivity contribution in [1.82, 2.24) is 0 Å². The van der Waals surface area contributed by atoms with Gasteiger partial charge in [0, 0.05) is 0 Å². The molecule has 18 heavy (non-hydrogen) atoms. The molecule has 0 aliphatic rings. The van der Waals surface area contributed by atoms with Gasteiger partial charge in [0.1, 0.15) is 0 Å². The fraction of sp³-hybridized carbons (Fsp3) is 0.857. The number of hydrogen-bond donors (Lipinski definition) is 0. The molecule has 0 saturated carbocycles. The summed E-state index contributed by atoms with van der Waals surface area (Å²) in [5.74, 6) is -0.758. The molecule has 0 aromatic rings. The molecule has 0 saturated heterocycles. The Morgan fingerprint density at radius 3 is 2.28 bits per heavy atom. The minimum atomic E-state index is -0.425. The van der Waals surface area contributed by atoms with Crippen LogP contribution in [0.1, 0.15) is 53.4 Å². The summed E-state index contributed by atoms with van der Waals surface area (Å²) in [7, 11) is 0. The van der Waals surface area contributed by atoms with Crippen molar-refractivity contribution in [3.05, 3.63) is 0 Å². The van der Waals surface area contributed by atoms with Gasteiger partial charge in [0.2, 0.25) is 0 Å². The van der Waals surface area contributed by atoms with Gasteiger partial charge >= 0.3 is 11.9 Å². The van der Waals surface area contributed by atoms with Crippen molar-refractivity contribution in [3.63, 3.8) is 0 Å². The molecular formula is C14H26O4. The average Bonchev–Trinajstić information content (AvgIpc) is 2.31. The molecule has 0 aromatic heterocycles. The Hall–Kier alpha value is -1.06. The second-order valence-electron chi connectivity index (χ2n) is 5.06. The van der Waals surface area contributed by atoms with Crippen LogP contribution in [0.4, 0.5) is 0 Å². The number of carbonyl (C=O) groups excluding carboxylic acids is 2. The second-order valence-corrected chi connectivity index (χ2v) is 5.06. The minimum absolute atomic E-state index is 0.0966. The van der Waals surface area contributed by atoms with Crippen LogP contribution in [0.3, 0.4) is 0 Å². The van der Waals surface area contributed by atoms with Gasteiger partial charge in [-0.15, -0.1) is 0 Å². The van der Waals surface area contributed by atoms with Crippen LogP contribution in [0.5, 0.6) is 0 Å². The molecule has 0 radical (unpaired) electrons. The summed E-state index contributed by atoms with van der Waals surface area (Å²) in [5.41, 5.74) is 0. The van der Waals surface area contributed by atoms with E-state index in [-0.39, 0.29) is 18.4 Å². The first-order valence-electron chi connectivity index (χ1n) is 6.79. The Morgan fingerprint density at radius 1 is 1.06 bits per heavy atom. The quantitative estimate of drug-likeness (QED) is 0.471. The van der Waals surface area contributed by atoms with Crippen LogP contribution in [0.2, 0.25) is 0 Å². The standard InChI is InChI=1S/C14H26O4/c1-5-6-7-8-17-14(16)12(4)9-13(15)18-10-11(2)3/h11-12H,5-10H2,1-4H3. The summed E-state index contributed by atoms with van der Waals surface area (Å²) < 4.78 is 10.1. The molecule has 0 aliphatic carbocycles. The zero-order chi connectivity index (χ0) is 14.0. The molecule has 0 bridgehead atoms. The van der Waals surface area contributed by atoms with Gasteiger partial charge in [-0.25, -0.2) is 0 Å². The van der Waals surface area contributed by atoms with Crippen LogP contribution in [-0.2, 0) is 19.1 Å². The van der Waals surface area contributed by atoms with Gasteiger partial charge in [0.25, 0.3) is 0 Å². The highest BCUT2D eigenvalue weighted by Gasteiger charge is 2.19. The lowest BCUT2D eigenvalue weighted by Gasteiger charge is -2.12. The Balaban J connectivity index is 3.75. The zero-order valence-corrected chi connectivity index (χ0v) is 12.0. The molecule has 0 spiro atoms. The third-order valence-corrected chi connectivity index (χ3v) is 2.45. The molecule has 0 N–H and O–H groups in total. The molecule has 0 rings (SSSR count). The largest absolute Gasteiger partial charge is 0.465 e. The number of carbonyl (C=O) groups is 2. The number of esters is 2. The average molecular weight is 258 g/mol. The highest BCUT2D eigenvalue weighted by Crippen LogP contribution is 2.08. The van der Waals surface area contributed by atoms with Crippen LogP contribution in [-0.4, -0.2) is 25.2 Å². The first-order valence-corrected chi connectivity index (χ1v) is 6.79. The van der Waals surface area contributed by atoms with Crippen molar-refractivity contribution in [2.24, 2.45) is 11.8 Å². The van der Waals surface area contributed by atoms with Crippen molar-refractivity contribution in [1.29, 1.82) is 0 Å². The van der Waals surface area contributed by atoms with Crippen LogP contribution < -0.4 is 0 Å². The number of rotatable bonds is 9. The monoisotopic (exact) mass is 258 g/mol. The van der Waals surface area contributed by atoms with Crippen molar-refractivity contribution in [2.75, 3.05) is 13.2 Å². The van der Waals surface area contributed by atoms with E-state index in [2.05, 4.69) is 6.92 Å². The van der Waals surface area contributed by atoms with Gasteiger partial charge in [0.15, 0.2) is 0 Å². The predicted molar refractivity (Wildman–Crippen MR) is 70.1 cm³/mol. The van der Waals surface area contributed by atoms with E-state index in [1.165, 1.54) is 0 Å². The summed E-state index contributed by atoms with van der Waals surface area (Å²) in [6, 6.07) is 0. The first kappa shape index (κ1) is 16.9. The third kappa shape index (κ3) is 9.02. The predicted octanol–water partition coefficient (Wildman–Crippen LogP) is 2.95. The molecule has 0 aliphatic heterocycles. The summed E-state index contributed by atoms with van der Waals surface area (Å²) >= 11 is 0. The van der Waals surface area contributed by atoms with Gasteiger partial charge in [0.05, 0.1) is 25.6 Å². The van der Waals surface area contributed by atoms with E-state index < -0.39 is 5.92 Å². The van der Waals surface area contributed by atoms with Crippen molar-refractivity contribution >= 4 is 11.9 Å². The van der Waals surface area contributed by atoms with Gasteiger partial charge in [-0.2, -0.15) is 0 Å². The SMILES string of the molecule is CCCCCOC(=O)C(C)CC(=O)OCC(C)C. The van der Waals surface area contributed by atoms with E-state index in [4.69, 9.17) is 9.47 Å². The summed E-state index contributed by atoms with van der Waals surface area (Å²) in [6.45, 7) is 8.57. The Kier molecular flexibility index (Phi) is 9.33. The fourth-order valence-electron chi connectivity index (χ4n) is 1.32. The molecule has 0 aromatic carbocycles. The molecular weight excluding hydrogens is 232 g/mol. The van der Waals surface area contributed by atoms with Crippen LogP contribution >= 0.6 is 0 Å². The summed E-state index contributed by atoms with van der Waals surface area (Å²) in [5, 5.41) is 0. The number of unbranched alkanes of at least 4 members (excludes halogenated alkanes) is 2. The molecule has 1 unspecified atom stereocenters. The van der Waals surface area contributed by atoms with Crippen LogP contribution in [0, 0.1) is 11.8 Å². The topological polar surface area (TPSA) is 52.6 Å². The van der Waals surface area contributed by atoms with Crippen molar-refractivity contribution in [3.8, 4) is 0 Å². The smallest absolute Gasteiger partial charge is 0.309 e. The Labute approximate surface area is 110 Å². The zero-order valence-electron chi connectivity index (χ0n) is 12.0. The van der Waals surface area contributed by atoms with Gasteiger partial charge in [-0.3, -0.25) is 9.59 Å². The summed E-state index contributed by atoms with van der Waals surface area (Å²) in [6.07, 6.45) is 3.12. The minimum Gasteiger partial charge on any atom is -0.465 e. The molecule has 1 atom stereocenters. The Morgan fingerprint density at radius 2 is 1.72 bits per heavy atom. The molecule has 4 nitrogen and oxygen atoms in total. The summed E-state index contributed by atoms with van der Waals surface area (Å²) in [4.78, 5) is 23.0. The van der Waals surface area contributed by atoms with E-state index >= 15 is 0 Å². The van der Waals surface area contributed by atoms with Gasteiger partial charge in [-0.1, -0.05) is 40.5 Å². The van der Waals surface area contributed by atoms with E-state index in [9.17, 15) is 9.59 Å². The van der Waals surface area contributed by atoms with Gasteiger partial charge < -0.3 is 9.47 Å². The third-order valence-electron chi connectivity index (χ3n) is 2.45. The lowest BCUT2D eigenvalue weighted by Crippen LogP contribution is -2.21. The second kappa shape index (κ2) is 9.92. The molecule has 0 fully saturated rings. The maximum atomic E-state index is 11.5. The highest BCUT2D eigenvalue weighted by atomic mass is 16.5. The van der Waals surface area contributed by atoms with Gasteiger partial charge in [-0.05, 0) is 12.3 Å². The van der Waals surface area contributed by atoms with E-state index in [1.54, 1.807) is 6.92 Å². The lowest BCUT2D eigenvalue weighted by atomic mass is 10.1. The fourth-order valence-corrected chi connectivity index (χ4v) is 1.32. The number of ether oxygens (including phenoxy) is 2. The van der Waals surface area contributed by atoms with E-state index in [1.807, 2.05) is 13.8 Å². The highest BCUT2D eigenvalue weighted by molar-refractivity contribution is 5.79. The molecule has 0 heterocycles. The normalized spacial score (nSPS) is 12.3. The molecule has 4 heteroatoms. The van der Waals surface area contributed by atoms with Crippen LogP contribution in [0.25, 0.3) is 0 Å². The van der Waals surface area contributed by atoms with E-state index in [0.717, 1.165) is 19.3 Å². The van der Waals surface area contributed by atoms with Crippen molar-refractivity contribution < 1.29 is 19.1 Å². The number of hydrogen-bond acceptors (Lipinski definition) is 4. The maximum absolute atomic E-state index is 11.5. The van der Waals surface area contributed by atoms with Crippen molar-refractivity contribution in [2.45, 2.75) is 53.4 Å². The molecule has 106 valence electrons.